The first kappa shape index (κ1) is 14.4. The molecule has 1 unspecified atom stereocenters. The average molecular weight is 288 g/mol. The van der Waals surface area contributed by atoms with E-state index in [0.717, 1.165) is 19.3 Å². The van der Waals surface area contributed by atoms with Gasteiger partial charge in [0.05, 0.1) is 0 Å². The molecule has 0 aromatic heterocycles. The quantitative estimate of drug-likeness (QED) is 0.843. The largest absolute Gasteiger partial charge is 0.481 e. The smallest absolute Gasteiger partial charge is 0.303 e. The molecule has 0 fully saturated rings. The summed E-state index contributed by atoms with van der Waals surface area (Å²) in [7, 11) is 0. The summed E-state index contributed by atoms with van der Waals surface area (Å²) in [4.78, 5) is 10.2. The summed E-state index contributed by atoms with van der Waals surface area (Å²) in [6, 6.07) is 0. The summed E-state index contributed by atoms with van der Waals surface area (Å²) < 4.78 is 0. The molecule has 0 aliphatic carbocycles. The number of aliphatic carboxylic acids is 1. The van der Waals surface area contributed by atoms with Gasteiger partial charge in [0.15, 0.2) is 0 Å². The fourth-order valence-electron chi connectivity index (χ4n) is 1.11. The molecule has 0 saturated carbocycles. The van der Waals surface area contributed by atoms with Crippen LogP contribution in [-0.2, 0) is 4.79 Å². The van der Waals surface area contributed by atoms with Crippen molar-refractivity contribution in [2.75, 3.05) is 0 Å². The maximum absolute atomic E-state index is 10.2. The number of carbonyl (C=O) groups is 1. The molecule has 0 spiro atoms. The van der Waals surface area contributed by atoms with E-state index >= 15 is 0 Å². The van der Waals surface area contributed by atoms with Crippen LogP contribution in [0.4, 0.5) is 0 Å². The zero-order valence-electron chi connectivity index (χ0n) is 7.26. The van der Waals surface area contributed by atoms with Crippen molar-refractivity contribution in [3.8, 4) is 0 Å². The molecule has 3 heteroatoms. The van der Waals surface area contributed by atoms with E-state index in [0.29, 0.717) is 12.3 Å². The molecule has 1 N–H and O–H groups in total. The van der Waals surface area contributed by atoms with Crippen molar-refractivity contribution in [3.63, 3.8) is 0 Å². The molecule has 0 aromatic carbocycles. The third-order valence-corrected chi connectivity index (χ3v) is 1.74. The van der Waals surface area contributed by atoms with Crippen molar-refractivity contribution in [2.24, 2.45) is 5.92 Å². The van der Waals surface area contributed by atoms with Crippen molar-refractivity contribution >= 4 is 5.97 Å². The summed E-state index contributed by atoms with van der Waals surface area (Å²) in [5, 5.41) is 8.44. The van der Waals surface area contributed by atoms with Gasteiger partial charge in [-0.1, -0.05) is 33.1 Å². The minimum atomic E-state index is -0.666. The van der Waals surface area contributed by atoms with Crippen molar-refractivity contribution < 1.29 is 50.7 Å². The molecule has 0 aliphatic rings. The molecule has 0 saturated heterocycles. The Bertz CT molecular complexity index is 104. The Kier molecular flexibility index (Phi) is 11.6. The zero-order chi connectivity index (χ0) is 7.98. The van der Waals surface area contributed by atoms with Gasteiger partial charge in [0.2, 0.25) is 0 Å². The molecule has 0 rings (SSSR count). The van der Waals surface area contributed by atoms with Gasteiger partial charge in [-0.25, -0.2) is 0 Å². The molecule has 2 nitrogen and oxygen atoms in total. The summed E-state index contributed by atoms with van der Waals surface area (Å²) in [5.74, 6) is -0.275. The predicted molar refractivity (Wildman–Crippen MR) is 40.9 cm³/mol. The van der Waals surface area contributed by atoms with Gasteiger partial charge in [0.25, 0.3) is 0 Å². The van der Waals surface area contributed by atoms with E-state index < -0.39 is 5.97 Å². The second-order valence-corrected chi connectivity index (χ2v) is 2.66. The maximum atomic E-state index is 10.2. The second kappa shape index (κ2) is 8.91. The Labute approximate surface area is 101 Å². The normalized spacial score (nSPS) is 11.8. The second-order valence-electron chi connectivity index (χ2n) is 2.66. The van der Waals surface area contributed by atoms with E-state index in [4.69, 9.17) is 5.11 Å². The monoisotopic (exact) mass is 286 g/mol. The predicted octanol–water partition coefficient (Wildman–Crippen LogP) is 2.29. The van der Waals surface area contributed by atoms with E-state index in [1.165, 1.54) is 0 Å². The van der Waals surface area contributed by atoms with Crippen molar-refractivity contribution in [2.45, 2.75) is 39.5 Å². The van der Waals surface area contributed by atoms with Gasteiger partial charge in [-0.3, -0.25) is 4.79 Å². The van der Waals surface area contributed by atoms with Gasteiger partial charge < -0.3 is 5.11 Å². The molecule has 0 aromatic rings. The molecule has 0 bridgehead atoms. The van der Waals surface area contributed by atoms with Crippen molar-refractivity contribution in [1.82, 2.24) is 0 Å². The van der Waals surface area contributed by atoms with Gasteiger partial charge in [-0.2, -0.15) is 0 Å². The van der Waals surface area contributed by atoms with Gasteiger partial charge in [-0.15, -0.1) is 0 Å². The number of carboxylic acid groups (broad SMARTS) is 1. The first-order chi connectivity index (χ1) is 4.70. The first-order valence-corrected chi connectivity index (χ1v) is 3.92. The molecule has 0 aliphatic heterocycles. The Balaban J connectivity index is 0. The Morgan fingerprint density at radius 2 is 2.00 bits per heavy atom. The van der Waals surface area contributed by atoms with Crippen molar-refractivity contribution in [1.29, 1.82) is 0 Å². The van der Waals surface area contributed by atoms with Crippen LogP contribution in [0.15, 0.2) is 0 Å². The minimum absolute atomic E-state index is 0. The Morgan fingerprint density at radius 1 is 1.45 bits per heavy atom. The zero-order valence-corrected chi connectivity index (χ0v) is 10.5. The summed E-state index contributed by atoms with van der Waals surface area (Å²) in [6.07, 6.45) is 3.46. The minimum Gasteiger partial charge on any atom is -0.481 e. The van der Waals surface area contributed by atoms with Gasteiger partial charge in [0.1, 0.15) is 0 Å². The topological polar surface area (TPSA) is 37.3 Å². The van der Waals surface area contributed by atoms with Gasteiger partial charge in [-0.05, 0) is 5.92 Å². The molecule has 64 valence electrons. The van der Waals surface area contributed by atoms with Crippen LogP contribution in [-0.4, -0.2) is 11.1 Å². The van der Waals surface area contributed by atoms with Crippen LogP contribution in [0, 0.1) is 46.8 Å². The number of carboxylic acids is 1. The van der Waals surface area contributed by atoms with Crippen LogP contribution in [0.25, 0.3) is 0 Å². The number of hydrogen-bond donors (Lipinski definition) is 1. The Morgan fingerprint density at radius 3 is 2.27 bits per heavy atom. The Hall–Kier alpha value is 0.821. The van der Waals surface area contributed by atoms with Crippen molar-refractivity contribution in [3.05, 3.63) is 0 Å². The van der Waals surface area contributed by atoms with Crippen LogP contribution < -0.4 is 0 Å². The van der Waals surface area contributed by atoms with Crippen LogP contribution >= 0.6 is 0 Å². The van der Waals surface area contributed by atoms with Gasteiger partial charge in [0, 0.05) is 47.3 Å². The molecule has 1 atom stereocenters. The molecule has 0 amide bonds. The number of hydrogen-bond acceptors (Lipinski definition) is 1. The van der Waals surface area contributed by atoms with E-state index in [9.17, 15) is 4.79 Å². The van der Waals surface area contributed by atoms with Crippen LogP contribution in [0.2, 0.25) is 0 Å². The van der Waals surface area contributed by atoms with Gasteiger partial charge >= 0.3 is 5.97 Å². The standard InChI is InChI=1S/C8H16O2.Nd/c1-3-5-7(4-2)6-8(9)10;/h7H,3-6H2,1-2H3,(H,9,10);. The van der Waals surface area contributed by atoms with E-state index in [-0.39, 0.29) is 40.8 Å². The van der Waals surface area contributed by atoms with Crippen LogP contribution in [0.3, 0.4) is 0 Å². The van der Waals surface area contributed by atoms with E-state index in [1.54, 1.807) is 0 Å². The molecular formula is C8H16NdO2. The van der Waals surface area contributed by atoms with Crippen LogP contribution in [0.1, 0.15) is 39.5 Å². The summed E-state index contributed by atoms with van der Waals surface area (Å²) >= 11 is 0. The number of rotatable bonds is 5. The third kappa shape index (κ3) is 8.73. The molecule has 0 heterocycles. The SMILES string of the molecule is CCCC(CC)CC(=O)O.[Nd]. The maximum Gasteiger partial charge on any atom is 0.303 e. The summed E-state index contributed by atoms with van der Waals surface area (Å²) in [6.45, 7) is 4.13. The summed E-state index contributed by atoms with van der Waals surface area (Å²) in [5.41, 5.74) is 0. The molecular weight excluding hydrogens is 272 g/mol. The fourth-order valence-corrected chi connectivity index (χ4v) is 1.11. The fraction of sp³-hybridized carbons (Fsp3) is 0.875. The molecule has 11 heavy (non-hydrogen) atoms. The molecule has 0 radical (unpaired) electrons. The van der Waals surface area contributed by atoms with E-state index in [2.05, 4.69) is 6.92 Å². The van der Waals surface area contributed by atoms with Crippen LogP contribution in [0.5, 0.6) is 0 Å². The average Bonchev–Trinajstić information content (AvgIpc) is 1.86. The van der Waals surface area contributed by atoms with E-state index in [1.807, 2.05) is 6.92 Å². The third-order valence-electron chi connectivity index (χ3n) is 1.74. The first-order valence-electron chi connectivity index (χ1n) is 3.92.